The topological polar surface area (TPSA) is 79.3 Å². The molecule has 2 aromatic carbocycles. The summed E-state index contributed by atoms with van der Waals surface area (Å²) in [7, 11) is 0. The van der Waals surface area contributed by atoms with Crippen molar-refractivity contribution < 1.29 is 14.0 Å². The number of carbonyl (C=O) groups is 2. The van der Waals surface area contributed by atoms with Crippen molar-refractivity contribution in [3.63, 3.8) is 0 Å². The van der Waals surface area contributed by atoms with E-state index in [1.165, 1.54) is 49.1 Å². The van der Waals surface area contributed by atoms with Gasteiger partial charge < -0.3 is 9.88 Å². The Bertz CT molecular complexity index is 1240. The Balaban J connectivity index is 1.44. The molecule has 1 saturated heterocycles. The highest BCUT2D eigenvalue weighted by Crippen LogP contribution is 2.37. The van der Waals surface area contributed by atoms with E-state index in [0.29, 0.717) is 18.1 Å². The van der Waals surface area contributed by atoms with Crippen LogP contribution in [0.1, 0.15) is 73.8 Å². The molecule has 8 heteroatoms. The normalized spacial score (nSPS) is 20.6. The second-order valence-corrected chi connectivity index (χ2v) is 10.3. The van der Waals surface area contributed by atoms with Gasteiger partial charge in [0.05, 0.1) is 11.0 Å². The minimum atomic E-state index is -0.381. The first kappa shape index (κ1) is 25.4. The van der Waals surface area contributed by atoms with Gasteiger partial charge in [0.25, 0.3) is 5.91 Å². The molecule has 3 aromatic rings. The predicted molar refractivity (Wildman–Crippen MR) is 143 cm³/mol. The minimum Gasteiger partial charge on any atom is -0.356 e. The predicted octanol–water partition coefficient (Wildman–Crippen LogP) is 5.28. The molecule has 2 heterocycles. The van der Waals surface area contributed by atoms with Crippen LogP contribution in [-0.4, -0.2) is 45.9 Å². The van der Waals surface area contributed by atoms with E-state index in [1.807, 2.05) is 13.0 Å². The number of nitrogens with one attached hydrogen (secondary N) is 2. The second-order valence-electron chi connectivity index (χ2n) is 10.3. The first-order valence-electron chi connectivity index (χ1n) is 13.6. The molecule has 0 radical (unpaired) electrons. The number of nitrogens with zero attached hydrogens (tertiary/aromatic N) is 3. The number of benzene rings is 2. The number of hydrogen-bond donors (Lipinski definition) is 2. The summed E-state index contributed by atoms with van der Waals surface area (Å²) in [5, 5.41) is 5.94. The van der Waals surface area contributed by atoms with Crippen molar-refractivity contribution in [3.8, 4) is 0 Å². The van der Waals surface area contributed by atoms with Gasteiger partial charge in [-0.05, 0) is 100 Å². The van der Waals surface area contributed by atoms with Gasteiger partial charge in [0, 0.05) is 30.6 Å². The molecular formula is C29H36FN5O2. The van der Waals surface area contributed by atoms with E-state index in [1.54, 1.807) is 0 Å². The molecule has 2 aliphatic rings. The summed E-state index contributed by atoms with van der Waals surface area (Å²) >= 11 is 0. The molecular weight excluding hydrogens is 469 g/mol. The Hall–Kier alpha value is -3.26. The number of halogens is 1. The molecule has 1 aliphatic heterocycles. The lowest BCUT2D eigenvalue weighted by Crippen LogP contribution is -2.33. The van der Waals surface area contributed by atoms with Crippen LogP contribution in [0.25, 0.3) is 11.0 Å². The molecule has 0 atom stereocenters. The van der Waals surface area contributed by atoms with Crippen molar-refractivity contribution in [1.82, 2.24) is 19.8 Å². The van der Waals surface area contributed by atoms with E-state index < -0.39 is 0 Å². The van der Waals surface area contributed by atoms with Gasteiger partial charge in [-0.3, -0.25) is 19.8 Å². The van der Waals surface area contributed by atoms with Crippen molar-refractivity contribution in [3.05, 3.63) is 59.4 Å². The van der Waals surface area contributed by atoms with Gasteiger partial charge in [0.2, 0.25) is 11.9 Å². The number of likely N-dealkylation sites (tertiary alicyclic amines) is 1. The quantitative estimate of drug-likeness (QED) is 0.458. The Morgan fingerprint density at radius 3 is 2.43 bits per heavy atom. The van der Waals surface area contributed by atoms with Crippen LogP contribution in [0.15, 0.2) is 42.5 Å². The van der Waals surface area contributed by atoms with Crippen molar-refractivity contribution in [2.45, 2.75) is 64.5 Å². The lowest BCUT2D eigenvalue weighted by atomic mass is 9.85. The van der Waals surface area contributed by atoms with Gasteiger partial charge >= 0.3 is 0 Å². The van der Waals surface area contributed by atoms with E-state index in [9.17, 15) is 14.0 Å². The first-order chi connectivity index (χ1) is 18.0. The fourth-order valence-corrected chi connectivity index (χ4v) is 5.76. The zero-order valence-electron chi connectivity index (χ0n) is 21.5. The zero-order valence-corrected chi connectivity index (χ0v) is 21.5. The fraction of sp³-hybridized carbons (Fsp3) is 0.483. The smallest absolute Gasteiger partial charge is 0.257 e. The maximum absolute atomic E-state index is 13.4. The third-order valence-corrected chi connectivity index (χ3v) is 7.72. The summed E-state index contributed by atoms with van der Waals surface area (Å²) in [5.74, 6) is -0.0427. The minimum absolute atomic E-state index is 0.0258. The monoisotopic (exact) mass is 505 g/mol. The summed E-state index contributed by atoms with van der Waals surface area (Å²) in [6.45, 7) is 5.74. The van der Waals surface area contributed by atoms with E-state index in [2.05, 4.69) is 32.2 Å². The molecule has 0 spiro atoms. The number of amides is 2. The number of hydrogen-bond acceptors (Lipinski definition) is 4. The molecule has 7 nitrogen and oxygen atoms in total. The fourth-order valence-electron chi connectivity index (χ4n) is 5.76. The van der Waals surface area contributed by atoms with Crippen LogP contribution >= 0.6 is 0 Å². The summed E-state index contributed by atoms with van der Waals surface area (Å²) in [5.41, 5.74) is 3.46. The molecule has 0 bridgehead atoms. The first-order valence-corrected chi connectivity index (χ1v) is 13.6. The Morgan fingerprint density at radius 1 is 1.00 bits per heavy atom. The Morgan fingerprint density at radius 2 is 1.73 bits per heavy atom. The van der Waals surface area contributed by atoms with Crippen LogP contribution < -0.4 is 10.6 Å². The van der Waals surface area contributed by atoms with Crippen LogP contribution in [0.5, 0.6) is 0 Å². The highest BCUT2D eigenvalue weighted by atomic mass is 19.1. The Labute approximate surface area is 217 Å². The maximum atomic E-state index is 13.4. The van der Waals surface area contributed by atoms with Crippen molar-refractivity contribution in [2.75, 3.05) is 25.0 Å². The number of aromatic nitrogens is 2. The standard InChI is InChI=1S/C29H36FN5O2/c1-2-31-27(36)21-9-13-24(14-10-21)35-26-18-20(19-34-16-4-3-5-17-34)6-15-25(26)32-29(35)33-28(37)22-7-11-23(30)12-8-22/h6-8,11-12,15,18,21,24H,2-5,9-10,13-14,16-17,19H2,1H3,(H,31,36)(H,32,33,37). The van der Waals surface area contributed by atoms with Gasteiger partial charge in [-0.15, -0.1) is 0 Å². The average molecular weight is 506 g/mol. The van der Waals surface area contributed by atoms with E-state index in [0.717, 1.165) is 56.4 Å². The number of fused-ring (bicyclic) bond motifs is 1. The second kappa shape index (κ2) is 11.4. The number of imidazole rings is 1. The summed E-state index contributed by atoms with van der Waals surface area (Å²) < 4.78 is 15.5. The highest BCUT2D eigenvalue weighted by Gasteiger charge is 2.30. The van der Waals surface area contributed by atoms with Crippen LogP contribution in [0.2, 0.25) is 0 Å². The van der Waals surface area contributed by atoms with Gasteiger partial charge in [-0.25, -0.2) is 9.37 Å². The third-order valence-electron chi connectivity index (χ3n) is 7.72. The van der Waals surface area contributed by atoms with Gasteiger partial charge in [0.1, 0.15) is 5.82 Å². The van der Waals surface area contributed by atoms with Crippen LogP contribution in [0.3, 0.4) is 0 Å². The largest absolute Gasteiger partial charge is 0.356 e. The maximum Gasteiger partial charge on any atom is 0.257 e. The van der Waals surface area contributed by atoms with E-state index in [4.69, 9.17) is 4.98 Å². The summed E-state index contributed by atoms with van der Waals surface area (Å²) in [6, 6.07) is 12.0. The molecule has 37 heavy (non-hydrogen) atoms. The van der Waals surface area contributed by atoms with Gasteiger partial charge in [-0.2, -0.15) is 0 Å². The molecule has 2 amide bonds. The number of piperidine rings is 1. The third kappa shape index (κ3) is 5.85. The average Bonchev–Trinajstić information content (AvgIpc) is 3.27. The Kier molecular flexibility index (Phi) is 7.84. The molecule has 5 rings (SSSR count). The molecule has 1 saturated carbocycles. The molecule has 1 aliphatic carbocycles. The SMILES string of the molecule is CCNC(=O)C1CCC(n2c(NC(=O)c3ccc(F)cc3)nc3ccc(CN4CCCCC4)cc32)CC1. The lowest BCUT2D eigenvalue weighted by Gasteiger charge is -2.30. The molecule has 2 N–H and O–H groups in total. The van der Waals surface area contributed by atoms with E-state index in [-0.39, 0.29) is 29.6 Å². The van der Waals surface area contributed by atoms with Crippen LogP contribution in [0, 0.1) is 11.7 Å². The lowest BCUT2D eigenvalue weighted by molar-refractivity contribution is -0.126. The number of carbonyl (C=O) groups excluding carboxylic acids is 2. The molecule has 0 unspecified atom stereocenters. The van der Waals surface area contributed by atoms with Crippen LogP contribution in [0.4, 0.5) is 10.3 Å². The molecule has 2 fully saturated rings. The van der Waals surface area contributed by atoms with Gasteiger partial charge in [0.15, 0.2) is 0 Å². The highest BCUT2D eigenvalue weighted by molar-refractivity contribution is 6.04. The van der Waals surface area contributed by atoms with Crippen molar-refractivity contribution in [1.29, 1.82) is 0 Å². The number of rotatable bonds is 7. The molecule has 196 valence electrons. The van der Waals surface area contributed by atoms with Gasteiger partial charge in [-0.1, -0.05) is 12.5 Å². The van der Waals surface area contributed by atoms with Crippen molar-refractivity contribution >= 4 is 28.8 Å². The summed E-state index contributed by atoms with van der Waals surface area (Å²) in [4.78, 5) is 32.8. The van der Waals surface area contributed by atoms with Crippen LogP contribution in [-0.2, 0) is 11.3 Å². The number of anilines is 1. The molecule has 1 aromatic heterocycles. The summed E-state index contributed by atoms with van der Waals surface area (Å²) in [6.07, 6.45) is 7.07. The zero-order chi connectivity index (χ0) is 25.8. The van der Waals surface area contributed by atoms with Crippen molar-refractivity contribution in [2.24, 2.45) is 5.92 Å². The van der Waals surface area contributed by atoms with E-state index >= 15 is 0 Å².